The average Bonchev–Trinajstić information content (AvgIpc) is 2.59. The SMILES string of the molecule is CC(C)(C)OC(=O)NNC(=O)c1cc(S(=O)(=O)N2CCCCC2)ccc1Cl. The van der Waals surface area contributed by atoms with Crippen LogP contribution in [-0.2, 0) is 14.8 Å². The molecule has 0 aliphatic carbocycles. The molecule has 8 nitrogen and oxygen atoms in total. The van der Waals surface area contributed by atoms with Gasteiger partial charge in [-0.3, -0.25) is 10.2 Å². The van der Waals surface area contributed by atoms with Crippen molar-refractivity contribution in [2.45, 2.75) is 50.5 Å². The van der Waals surface area contributed by atoms with Crippen molar-refractivity contribution in [3.63, 3.8) is 0 Å². The molecule has 0 radical (unpaired) electrons. The predicted molar refractivity (Wildman–Crippen MR) is 101 cm³/mol. The van der Waals surface area contributed by atoms with Crippen LogP contribution in [0, 0.1) is 0 Å². The van der Waals surface area contributed by atoms with E-state index in [1.807, 2.05) is 0 Å². The Balaban J connectivity index is 2.14. The standard InChI is InChI=1S/C17H24ClN3O5S/c1-17(2,3)26-16(23)20-19-15(22)13-11-12(7-8-14(13)18)27(24,25)21-9-5-4-6-10-21/h7-8,11H,4-6,9-10H2,1-3H3,(H,19,22)(H,20,23). The summed E-state index contributed by atoms with van der Waals surface area (Å²) in [5.74, 6) is -0.749. The van der Waals surface area contributed by atoms with Crippen molar-refractivity contribution >= 4 is 33.6 Å². The summed E-state index contributed by atoms with van der Waals surface area (Å²) in [6.07, 6.45) is 1.76. The van der Waals surface area contributed by atoms with Gasteiger partial charge >= 0.3 is 6.09 Å². The fraction of sp³-hybridized carbons (Fsp3) is 0.529. The van der Waals surface area contributed by atoms with Crippen molar-refractivity contribution in [1.29, 1.82) is 0 Å². The van der Waals surface area contributed by atoms with Crippen molar-refractivity contribution in [1.82, 2.24) is 15.2 Å². The van der Waals surface area contributed by atoms with Crippen molar-refractivity contribution < 1.29 is 22.7 Å². The molecule has 27 heavy (non-hydrogen) atoms. The van der Waals surface area contributed by atoms with Crippen LogP contribution in [0.5, 0.6) is 0 Å². The van der Waals surface area contributed by atoms with Crippen LogP contribution >= 0.6 is 11.6 Å². The smallest absolute Gasteiger partial charge is 0.426 e. The van der Waals surface area contributed by atoms with Crippen molar-refractivity contribution in [3.05, 3.63) is 28.8 Å². The number of halogens is 1. The van der Waals surface area contributed by atoms with Gasteiger partial charge in [0.1, 0.15) is 5.60 Å². The van der Waals surface area contributed by atoms with Crippen LogP contribution in [0.2, 0.25) is 5.02 Å². The Morgan fingerprint density at radius 3 is 2.33 bits per heavy atom. The Kier molecular flexibility index (Phi) is 6.72. The van der Waals surface area contributed by atoms with Gasteiger partial charge in [0.25, 0.3) is 5.91 Å². The first-order valence-electron chi connectivity index (χ1n) is 8.60. The molecule has 0 saturated carbocycles. The molecule has 1 aromatic rings. The van der Waals surface area contributed by atoms with Gasteiger partial charge in [0.2, 0.25) is 10.0 Å². The van der Waals surface area contributed by atoms with E-state index in [1.54, 1.807) is 20.8 Å². The van der Waals surface area contributed by atoms with E-state index in [0.717, 1.165) is 19.3 Å². The zero-order valence-electron chi connectivity index (χ0n) is 15.5. The molecule has 0 spiro atoms. The highest BCUT2D eigenvalue weighted by atomic mass is 35.5. The third kappa shape index (κ3) is 5.82. The minimum atomic E-state index is -3.71. The molecule has 1 aliphatic heterocycles. The average molecular weight is 418 g/mol. The molecule has 0 aromatic heterocycles. The molecule has 1 fully saturated rings. The van der Waals surface area contributed by atoms with Crippen LogP contribution in [0.4, 0.5) is 4.79 Å². The molecule has 0 atom stereocenters. The fourth-order valence-electron chi connectivity index (χ4n) is 2.57. The maximum atomic E-state index is 12.8. The molecule has 1 saturated heterocycles. The van der Waals surface area contributed by atoms with E-state index in [4.69, 9.17) is 16.3 Å². The lowest BCUT2D eigenvalue weighted by Crippen LogP contribution is -2.44. The quantitative estimate of drug-likeness (QED) is 0.735. The third-order valence-corrected chi connectivity index (χ3v) is 6.04. The van der Waals surface area contributed by atoms with Crippen molar-refractivity contribution in [2.24, 2.45) is 0 Å². The Morgan fingerprint density at radius 1 is 1.11 bits per heavy atom. The van der Waals surface area contributed by atoms with Gasteiger partial charge in [-0.25, -0.2) is 18.6 Å². The second kappa shape index (κ2) is 8.45. The summed E-state index contributed by atoms with van der Waals surface area (Å²) >= 11 is 6.04. The largest absolute Gasteiger partial charge is 0.443 e. The van der Waals surface area contributed by atoms with E-state index < -0.39 is 27.6 Å². The molecule has 2 amide bonds. The number of sulfonamides is 1. The number of benzene rings is 1. The van der Waals surface area contributed by atoms with Gasteiger partial charge < -0.3 is 4.74 Å². The normalized spacial score (nSPS) is 15.9. The zero-order valence-corrected chi connectivity index (χ0v) is 17.1. The molecule has 1 heterocycles. The Morgan fingerprint density at radius 2 is 1.74 bits per heavy atom. The van der Waals surface area contributed by atoms with E-state index in [1.165, 1.54) is 22.5 Å². The summed E-state index contributed by atoms with van der Waals surface area (Å²) in [4.78, 5) is 23.9. The summed E-state index contributed by atoms with van der Waals surface area (Å²) < 4.78 is 31.9. The number of nitrogens with zero attached hydrogens (tertiary/aromatic N) is 1. The monoisotopic (exact) mass is 417 g/mol. The van der Waals surface area contributed by atoms with Crippen LogP contribution in [0.15, 0.2) is 23.1 Å². The molecule has 0 bridgehead atoms. The number of hydrogen-bond acceptors (Lipinski definition) is 5. The lowest BCUT2D eigenvalue weighted by Gasteiger charge is -2.26. The van der Waals surface area contributed by atoms with Crippen LogP contribution in [-0.4, -0.2) is 43.4 Å². The number of hydrazine groups is 1. The number of rotatable bonds is 3. The van der Waals surface area contributed by atoms with Crippen molar-refractivity contribution in [3.8, 4) is 0 Å². The van der Waals surface area contributed by atoms with Crippen LogP contribution in [0.3, 0.4) is 0 Å². The minimum absolute atomic E-state index is 0.0174. The van der Waals surface area contributed by atoms with Crippen LogP contribution < -0.4 is 10.9 Å². The van der Waals surface area contributed by atoms with Gasteiger partial charge in [-0.2, -0.15) is 4.31 Å². The molecular weight excluding hydrogens is 394 g/mol. The molecular formula is C17H24ClN3O5S. The summed E-state index contributed by atoms with van der Waals surface area (Å²) in [7, 11) is -3.71. The highest BCUT2D eigenvalue weighted by Gasteiger charge is 2.27. The second-order valence-electron chi connectivity index (χ2n) is 7.19. The van der Waals surface area contributed by atoms with Crippen molar-refractivity contribution in [2.75, 3.05) is 13.1 Å². The molecule has 2 N–H and O–H groups in total. The molecule has 1 aliphatic rings. The fourth-order valence-corrected chi connectivity index (χ4v) is 4.32. The van der Waals surface area contributed by atoms with E-state index in [2.05, 4.69) is 10.9 Å². The molecule has 10 heteroatoms. The minimum Gasteiger partial charge on any atom is -0.443 e. The van der Waals surface area contributed by atoms with Gasteiger partial charge in [-0.05, 0) is 51.8 Å². The molecule has 0 unspecified atom stereocenters. The number of nitrogens with one attached hydrogen (secondary N) is 2. The molecule has 2 rings (SSSR count). The number of ether oxygens (including phenoxy) is 1. The first-order valence-corrected chi connectivity index (χ1v) is 10.4. The number of carbonyl (C=O) groups is 2. The highest BCUT2D eigenvalue weighted by molar-refractivity contribution is 7.89. The first-order chi connectivity index (χ1) is 12.5. The van der Waals surface area contributed by atoms with E-state index in [0.29, 0.717) is 13.1 Å². The Hall–Kier alpha value is -1.84. The predicted octanol–water partition coefficient (Wildman–Crippen LogP) is 2.68. The molecule has 1 aromatic carbocycles. The summed E-state index contributed by atoms with van der Waals surface area (Å²) in [5, 5.41) is 0.0658. The van der Waals surface area contributed by atoms with Crippen LogP contribution in [0.25, 0.3) is 0 Å². The number of piperidine rings is 1. The summed E-state index contributed by atoms with van der Waals surface area (Å²) in [5.41, 5.74) is 3.48. The van der Waals surface area contributed by atoms with Gasteiger partial charge in [0.15, 0.2) is 0 Å². The first kappa shape index (κ1) is 21.5. The van der Waals surface area contributed by atoms with E-state index >= 15 is 0 Å². The third-order valence-electron chi connectivity index (χ3n) is 3.81. The van der Waals surface area contributed by atoms with Gasteiger partial charge in [-0.15, -0.1) is 0 Å². The van der Waals surface area contributed by atoms with Gasteiger partial charge in [-0.1, -0.05) is 18.0 Å². The van der Waals surface area contributed by atoms with Gasteiger partial charge in [0.05, 0.1) is 15.5 Å². The summed E-state index contributed by atoms with van der Waals surface area (Å²) in [6.45, 7) is 5.94. The molecule has 150 valence electrons. The topological polar surface area (TPSA) is 105 Å². The second-order valence-corrected chi connectivity index (χ2v) is 9.53. The number of hydrogen-bond donors (Lipinski definition) is 2. The zero-order chi connectivity index (χ0) is 20.2. The Bertz CT molecular complexity index is 814. The number of amides is 2. The maximum absolute atomic E-state index is 12.8. The van der Waals surface area contributed by atoms with E-state index in [-0.39, 0.29) is 15.5 Å². The summed E-state index contributed by atoms with van der Waals surface area (Å²) in [6, 6.07) is 3.92. The lowest BCUT2D eigenvalue weighted by atomic mass is 10.2. The highest BCUT2D eigenvalue weighted by Crippen LogP contribution is 2.25. The lowest BCUT2D eigenvalue weighted by molar-refractivity contribution is 0.0483. The van der Waals surface area contributed by atoms with Gasteiger partial charge in [0, 0.05) is 13.1 Å². The van der Waals surface area contributed by atoms with E-state index in [9.17, 15) is 18.0 Å². The van der Waals surface area contributed by atoms with Crippen LogP contribution in [0.1, 0.15) is 50.4 Å². The Labute approximate surface area is 164 Å². The maximum Gasteiger partial charge on any atom is 0.426 e. The number of carbonyl (C=O) groups excluding carboxylic acids is 2.